The quantitative estimate of drug-likeness (QED) is 0.527. The van der Waals surface area contributed by atoms with Crippen molar-refractivity contribution in [1.29, 1.82) is 0 Å². The summed E-state index contributed by atoms with van der Waals surface area (Å²) in [6, 6.07) is 0. The number of carbonyl (C=O) groups is 2. The van der Waals surface area contributed by atoms with Gasteiger partial charge in [-0.1, -0.05) is 18.7 Å². The van der Waals surface area contributed by atoms with Gasteiger partial charge in [0.25, 0.3) is 0 Å². The number of aromatic nitrogens is 3. The lowest BCUT2D eigenvalue weighted by molar-refractivity contribution is -0.147. The van der Waals surface area contributed by atoms with Gasteiger partial charge in [-0.15, -0.1) is 21.5 Å². The van der Waals surface area contributed by atoms with Crippen molar-refractivity contribution in [3.8, 4) is 0 Å². The van der Waals surface area contributed by atoms with Crippen LogP contribution in [0.1, 0.15) is 40.5 Å². The third-order valence-electron chi connectivity index (χ3n) is 3.72. The predicted octanol–water partition coefficient (Wildman–Crippen LogP) is 3.67. The molecular weight excluding hydrogens is 417 g/mol. The molecule has 0 atom stereocenters. The van der Waals surface area contributed by atoms with Gasteiger partial charge in [0, 0.05) is 11.9 Å². The van der Waals surface area contributed by atoms with Crippen molar-refractivity contribution in [3.63, 3.8) is 0 Å². The van der Waals surface area contributed by atoms with Crippen LogP contribution in [0.4, 0.5) is 18.2 Å². The molecule has 0 aliphatic carbocycles. The van der Waals surface area contributed by atoms with Crippen LogP contribution in [0.25, 0.3) is 0 Å². The third-order valence-corrected chi connectivity index (χ3v) is 5.80. The van der Waals surface area contributed by atoms with Gasteiger partial charge in [0.15, 0.2) is 5.16 Å². The molecule has 0 unspecified atom stereocenters. The lowest BCUT2D eigenvalue weighted by atomic mass is 10.1. The van der Waals surface area contributed by atoms with Crippen LogP contribution < -0.4 is 5.32 Å². The maximum absolute atomic E-state index is 12.8. The Kier molecular flexibility index (Phi) is 7.10. The molecule has 0 aliphatic rings. The van der Waals surface area contributed by atoms with Gasteiger partial charge >= 0.3 is 12.1 Å². The molecule has 7 nitrogen and oxygen atoms in total. The van der Waals surface area contributed by atoms with Crippen molar-refractivity contribution in [1.82, 2.24) is 14.8 Å². The van der Waals surface area contributed by atoms with Gasteiger partial charge in [0.05, 0.1) is 17.9 Å². The molecule has 0 aliphatic heterocycles. The lowest BCUT2D eigenvalue weighted by Gasteiger charge is -2.08. The Morgan fingerprint density at radius 3 is 2.50 bits per heavy atom. The fourth-order valence-electron chi connectivity index (χ4n) is 2.49. The molecule has 154 valence electrons. The molecular formula is C16H19F3N4O3S2. The van der Waals surface area contributed by atoms with E-state index in [4.69, 9.17) is 4.74 Å². The predicted molar refractivity (Wildman–Crippen MR) is 99.7 cm³/mol. The Bertz CT molecular complexity index is 877. The highest BCUT2D eigenvalue weighted by Crippen LogP contribution is 2.34. The molecule has 28 heavy (non-hydrogen) atoms. The first-order valence-electron chi connectivity index (χ1n) is 8.28. The Hall–Kier alpha value is -2.08. The van der Waals surface area contributed by atoms with Crippen molar-refractivity contribution in [3.05, 3.63) is 21.8 Å². The molecule has 12 heteroatoms. The van der Waals surface area contributed by atoms with E-state index in [0.717, 1.165) is 26.8 Å². The summed E-state index contributed by atoms with van der Waals surface area (Å²) in [5.74, 6) is -2.32. The fourth-order valence-corrected chi connectivity index (χ4v) is 4.35. The van der Waals surface area contributed by atoms with Crippen LogP contribution in [0.2, 0.25) is 0 Å². The molecule has 0 fully saturated rings. The zero-order valence-corrected chi connectivity index (χ0v) is 17.3. The number of alkyl halides is 3. The number of ether oxygens (including phenoxy) is 1. The minimum atomic E-state index is -4.62. The fraction of sp³-hybridized carbons (Fsp3) is 0.500. The largest absolute Gasteiger partial charge is 0.462 e. The average Bonchev–Trinajstić information content (AvgIpc) is 3.12. The summed E-state index contributed by atoms with van der Waals surface area (Å²) in [7, 11) is 1.18. The van der Waals surface area contributed by atoms with E-state index in [1.54, 1.807) is 6.92 Å². The number of esters is 1. The van der Waals surface area contributed by atoms with E-state index in [1.807, 2.05) is 13.8 Å². The van der Waals surface area contributed by atoms with Gasteiger partial charge in [-0.25, -0.2) is 4.79 Å². The van der Waals surface area contributed by atoms with Crippen molar-refractivity contribution in [2.24, 2.45) is 7.05 Å². The summed E-state index contributed by atoms with van der Waals surface area (Å²) >= 11 is 2.07. The first-order chi connectivity index (χ1) is 13.1. The number of hydrogen-bond acceptors (Lipinski definition) is 7. The van der Waals surface area contributed by atoms with Gasteiger partial charge in [-0.3, -0.25) is 4.79 Å². The van der Waals surface area contributed by atoms with Crippen LogP contribution in [0.3, 0.4) is 0 Å². The summed E-state index contributed by atoms with van der Waals surface area (Å²) in [6.45, 7) is 5.63. The molecule has 0 saturated heterocycles. The zero-order chi connectivity index (χ0) is 21.1. The molecule has 1 N–H and O–H groups in total. The normalized spacial score (nSPS) is 11.5. The molecule has 2 aromatic rings. The standard InChI is InChI=1S/C16H19F3N4O3S2/c1-5-9-8(3)28-12(11(9)13(25)26-6-2)20-10(24)7-27-15-22-21-14(23(15)4)16(17,18)19/h5-7H2,1-4H3,(H,20,24). The number of nitrogens with zero attached hydrogens (tertiary/aromatic N) is 3. The number of amides is 1. The maximum Gasteiger partial charge on any atom is 0.451 e. The van der Waals surface area contributed by atoms with E-state index >= 15 is 0 Å². The number of anilines is 1. The molecule has 0 saturated carbocycles. The third kappa shape index (κ3) is 4.85. The van der Waals surface area contributed by atoms with E-state index in [2.05, 4.69) is 15.5 Å². The maximum atomic E-state index is 12.8. The number of aryl methyl sites for hydroxylation is 1. The van der Waals surface area contributed by atoms with Crippen molar-refractivity contribution >= 4 is 40.0 Å². The Labute approximate surface area is 167 Å². The van der Waals surface area contributed by atoms with Gasteiger partial charge in [-0.2, -0.15) is 13.2 Å². The topological polar surface area (TPSA) is 86.1 Å². The van der Waals surface area contributed by atoms with Crippen molar-refractivity contribution in [2.75, 3.05) is 17.7 Å². The molecule has 0 aromatic carbocycles. The van der Waals surface area contributed by atoms with E-state index in [-0.39, 0.29) is 17.5 Å². The van der Waals surface area contributed by atoms with Gasteiger partial charge in [-0.05, 0) is 25.8 Å². The lowest BCUT2D eigenvalue weighted by Crippen LogP contribution is -2.17. The van der Waals surface area contributed by atoms with Gasteiger partial charge in [0.1, 0.15) is 5.00 Å². The number of hydrogen-bond donors (Lipinski definition) is 1. The molecule has 2 rings (SSSR count). The number of halogens is 3. The Morgan fingerprint density at radius 1 is 1.29 bits per heavy atom. The van der Waals surface area contributed by atoms with Crippen LogP contribution in [-0.2, 0) is 29.2 Å². The summed E-state index contributed by atoms with van der Waals surface area (Å²) in [6.07, 6.45) is -4.03. The Morgan fingerprint density at radius 2 is 1.96 bits per heavy atom. The van der Waals surface area contributed by atoms with E-state index < -0.39 is 23.9 Å². The van der Waals surface area contributed by atoms with Crippen LogP contribution in [0.15, 0.2) is 5.16 Å². The number of carbonyl (C=O) groups excluding carboxylic acids is 2. The highest BCUT2D eigenvalue weighted by molar-refractivity contribution is 7.99. The number of nitrogens with one attached hydrogen (secondary N) is 1. The second-order valence-corrected chi connectivity index (χ2v) is 7.78. The highest BCUT2D eigenvalue weighted by Gasteiger charge is 2.37. The number of thioether (sulfide) groups is 1. The van der Waals surface area contributed by atoms with Gasteiger partial charge < -0.3 is 14.6 Å². The summed E-state index contributed by atoms with van der Waals surface area (Å²) < 4.78 is 44.1. The molecule has 0 radical (unpaired) electrons. The monoisotopic (exact) mass is 436 g/mol. The van der Waals surface area contributed by atoms with E-state index in [0.29, 0.717) is 17.0 Å². The van der Waals surface area contributed by atoms with E-state index in [9.17, 15) is 22.8 Å². The van der Waals surface area contributed by atoms with Crippen LogP contribution in [-0.4, -0.2) is 39.0 Å². The van der Waals surface area contributed by atoms with Gasteiger partial charge in [0.2, 0.25) is 11.7 Å². The summed E-state index contributed by atoms with van der Waals surface area (Å²) in [5, 5.41) is 9.56. The molecule has 1 amide bonds. The molecule has 2 heterocycles. The van der Waals surface area contributed by atoms with Crippen LogP contribution in [0.5, 0.6) is 0 Å². The number of thiophene rings is 1. The summed E-state index contributed by atoms with van der Waals surface area (Å²) in [4.78, 5) is 25.4. The average molecular weight is 436 g/mol. The molecule has 0 spiro atoms. The minimum absolute atomic E-state index is 0.0373. The zero-order valence-electron chi connectivity index (χ0n) is 15.6. The first-order valence-corrected chi connectivity index (χ1v) is 10.1. The second-order valence-electron chi connectivity index (χ2n) is 5.61. The van der Waals surface area contributed by atoms with Crippen LogP contribution in [0, 0.1) is 6.92 Å². The Balaban J connectivity index is 2.12. The van der Waals surface area contributed by atoms with E-state index in [1.165, 1.54) is 18.4 Å². The smallest absolute Gasteiger partial charge is 0.451 e. The highest BCUT2D eigenvalue weighted by atomic mass is 32.2. The number of rotatable bonds is 7. The molecule has 2 aromatic heterocycles. The van der Waals surface area contributed by atoms with Crippen molar-refractivity contribution < 1.29 is 27.5 Å². The molecule has 0 bridgehead atoms. The van der Waals surface area contributed by atoms with Crippen LogP contribution >= 0.6 is 23.1 Å². The first kappa shape index (κ1) is 22.2. The SMILES string of the molecule is CCOC(=O)c1c(NC(=O)CSc2nnc(C(F)(F)F)n2C)sc(C)c1CC. The van der Waals surface area contributed by atoms with Crippen molar-refractivity contribution in [2.45, 2.75) is 38.5 Å². The minimum Gasteiger partial charge on any atom is -0.462 e. The second kappa shape index (κ2) is 8.95. The summed E-state index contributed by atoms with van der Waals surface area (Å²) in [5.41, 5.74) is 1.12.